The number of aromatic nitrogens is 3. The SMILES string of the molecule is C=CCn1c(COc2ccccc2F)nnc1SCC(=O)NC(=O)NC. The standard InChI is InChI=1S/C16H18FN5O3S/c1-3-8-22-13(9-25-12-7-5-4-6-11(12)17)20-21-16(22)26-10-14(23)19-15(24)18-2/h3-7H,1,8-10H2,2H3,(H2,18,19,23,24). The normalized spacial score (nSPS) is 10.2. The first kappa shape index (κ1) is 19.4. The number of ether oxygens (including phenoxy) is 1. The van der Waals surface area contributed by atoms with E-state index in [2.05, 4.69) is 27.4 Å². The van der Waals surface area contributed by atoms with Crippen molar-refractivity contribution in [2.75, 3.05) is 12.8 Å². The molecule has 10 heteroatoms. The Morgan fingerprint density at radius 2 is 2.15 bits per heavy atom. The molecule has 0 fully saturated rings. The Labute approximate surface area is 153 Å². The van der Waals surface area contributed by atoms with E-state index in [9.17, 15) is 14.0 Å². The zero-order valence-corrected chi connectivity index (χ0v) is 14.9. The lowest BCUT2D eigenvalue weighted by atomic mass is 10.3. The first-order chi connectivity index (χ1) is 12.5. The highest BCUT2D eigenvalue weighted by Crippen LogP contribution is 2.20. The van der Waals surface area contributed by atoms with Crippen LogP contribution in [0.15, 0.2) is 42.1 Å². The van der Waals surface area contributed by atoms with Gasteiger partial charge in [0.1, 0.15) is 6.61 Å². The molecule has 26 heavy (non-hydrogen) atoms. The summed E-state index contributed by atoms with van der Waals surface area (Å²) in [4.78, 5) is 22.8. The van der Waals surface area contributed by atoms with Gasteiger partial charge in [-0.2, -0.15) is 0 Å². The molecule has 2 aromatic rings. The number of nitrogens with zero attached hydrogens (tertiary/aromatic N) is 3. The minimum atomic E-state index is -0.581. The number of urea groups is 1. The molecule has 3 amide bonds. The quantitative estimate of drug-likeness (QED) is 0.535. The Kier molecular flexibility index (Phi) is 7.15. The Hall–Kier alpha value is -2.88. The Balaban J connectivity index is 2.02. The van der Waals surface area contributed by atoms with E-state index in [1.165, 1.54) is 19.2 Å². The molecular weight excluding hydrogens is 361 g/mol. The molecule has 0 bridgehead atoms. The minimum Gasteiger partial charge on any atom is -0.483 e. The van der Waals surface area contributed by atoms with Gasteiger partial charge in [0.15, 0.2) is 22.5 Å². The third-order valence-electron chi connectivity index (χ3n) is 3.11. The second-order valence-electron chi connectivity index (χ2n) is 4.93. The van der Waals surface area contributed by atoms with Crippen LogP contribution in [0.3, 0.4) is 0 Å². The van der Waals surface area contributed by atoms with Gasteiger partial charge in [0, 0.05) is 13.6 Å². The summed E-state index contributed by atoms with van der Waals surface area (Å²) in [5, 5.41) is 12.9. The van der Waals surface area contributed by atoms with E-state index in [-0.39, 0.29) is 18.1 Å². The van der Waals surface area contributed by atoms with Crippen LogP contribution < -0.4 is 15.4 Å². The number of carbonyl (C=O) groups is 2. The van der Waals surface area contributed by atoms with Crippen molar-refractivity contribution in [1.29, 1.82) is 0 Å². The molecule has 0 radical (unpaired) electrons. The number of carbonyl (C=O) groups excluding carboxylic acids is 2. The zero-order chi connectivity index (χ0) is 18.9. The highest BCUT2D eigenvalue weighted by molar-refractivity contribution is 7.99. The molecule has 0 aliphatic carbocycles. The van der Waals surface area contributed by atoms with Crippen molar-refractivity contribution in [3.8, 4) is 5.75 Å². The maximum Gasteiger partial charge on any atom is 0.321 e. The number of thioether (sulfide) groups is 1. The molecule has 0 saturated carbocycles. The number of benzene rings is 1. The number of rotatable bonds is 8. The van der Waals surface area contributed by atoms with Crippen molar-refractivity contribution in [1.82, 2.24) is 25.4 Å². The van der Waals surface area contributed by atoms with Crippen LogP contribution in [0.5, 0.6) is 5.75 Å². The van der Waals surface area contributed by atoms with Crippen molar-refractivity contribution in [3.63, 3.8) is 0 Å². The largest absolute Gasteiger partial charge is 0.483 e. The van der Waals surface area contributed by atoms with Crippen LogP contribution in [-0.4, -0.2) is 39.5 Å². The highest BCUT2D eigenvalue weighted by atomic mass is 32.2. The number of para-hydroxylation sites is 1. The molecule has 1 aromatic heterocycles. The van der Waals surface area contributed by atoms with Crippen LogP contribution >= 0.6 is 11.8 Å². The molecule has 1 aromatic carbocycles. The van der Waals surface area contributed by atoms with Gasteiger partial charge in [-0.15, -0.1) is 16.8 Å². The summed E-state index contributed by atoms with van der Waals surface area (Å²) in [6, 6.07) is 5.47. The van der Waals surface area contributed by atoms with Crippen LogP contribution in [-0.2, 0) is 17.9 Å². The monoisotopic (exact) mass is 379 g/mol. The average molecular weight is 379 g/mol. The van der Waals surface area contributed by atoms with Crippen LogP contribution in [0.25, 0.3) is 0 Å². The van der Waals surface area contributed by atoms with Gasteiger partial charge in [0.05, 0.1) is 5.75 Å². The smallest absolute Gasteiger partial charge is 0.321 e. The fourth-order valence-corrected chi connectivity index (χ4v) is 2.67. The lowest BCUT2D eigenvalue weighted by molar-refractivity contribution is -0.117. The van der Waals surface area contributed by atoms with Crippen molar-refractivity contribution in [2.24, 2.45) is 0 Å². The van der Waals surface area contributed by atoms with E-state index in [1.807, 2.05) is 0 Å². The molecule has 0 spiro atoms. The first-order valence-corrected chi connectivity index (χ1v) is 8.58. The van der Waals surface area contributed by atoms with Crippen molar-refractivity contribution >= 4 is 23.7 Å². The molecule has 0 saturated heterocycles. The highest BCUT2D eigenvalue weighted by Gasteiger charge is 2.15. The fourth-order valence-electron chi connectivity index (χ4n) is 1.90. The number of imide groups is 1. The lowest BCUT2D eigenvalue weighted by Gasteiger charge is -2.09. The molecule has 0 aliphatic rings. The summed E-state index contributed by atoms with van der Waals surface area (Å²) in [6.07, 6.45) is 1.64. The van der Waals surface area contributed by atoms with E-state index in [0.717, 1.165) is 11.8 Å². The summed E-state index contributed by atoms with van der Waals surface area (Å²) in [6.45, 7) is 4.08. The lowest BCUT2D eigenvalue weighted by Crippen LogP contribution is -2.38. The van der Waals surface area contributed by atoms with Crippen LogP contribution in [0.4, 0.5) is 9.18 Å². The predicted octanol–water partition coefficient (Wildman–Crippen LogP) is 1.73. The van der Waals surface area contributed by atoms with Gasteiger partial charge in [-0.1, -0.05) is 30.0 Å². The molecule has 8 nitrogen and oxygen atoms in total. The van der Waals surface area contributed by atoms with Gasteiger partial charge < -0.3 is 10.1 Å². The predicted molar refractivity (Wildman–Crippen MR) is 94.3 cm³/mol. The summed E-state index contributed by atoms with van der Waals surface area (Å²) in [5.41, 5.74) is 0. The first-order valence-electron chi connectivity index (χ1n) is 7.59. The summed E-state index contributed by atoms with van der Waals surface area (Å²) in [7, 11) is 1.41. The number of amides is 3. The second kappa shape index (κ2) is 9.56. The molecule has 0 aliphatic heterocycles. The summed E-state index contributed by atoms with van der Waals surface area (Å²) >= 11 is 1.11. The van der Waals surface area contributed by atoms with Crippen molar-refractivity contribution < 1.29 is 18.7 Å². The number of allylic oxidation sites excluding steroid dienone is 1. The van der Waals surface area contributed by atoms with E-state index >= 15 is 0 Å². The van der Waals surface area contributed by atoms with Gasteiger partial charge in [-0.25, -0.2) is 9.18 Å². The fraction of sp³-hybridized carbons (Fsp3) is 0.250. The maximum atomic E-state index is 13.6. The number of halogens is 1. The van der Waals surface area contributed by atoms with E-state index in [4.69, 9.17) is 4.74 Å². The van der Waals surface area contributed by atoms with Gasteiger partial charge in [0.25, 0.3) is 0 Å². The molecule has 2 rings (SSSR count). The van der Waals surface area contributed by atoms with Gasteiger partial charge >= 0.3 is 6.03 Å². The van der Waals surface area contributed by atoms with Crippen molar-refractivity contribution in [3.05, 3.63) is 48.6 Å². The molecule has 1 heterocycles. The van der Waals surface area contributed by atoms with E-state index < -0.39 is 17.8 Å². The van der Waals surface area contributed by atoms with Crippen LogP contribution in [0.1, 0.15) is 5.82 Å². The van der Waals surface area contributed by atoms with Crippen LogP contribution in [0, 0.1) is 5.82 Å². The Bertz CT molecular complexity index is 796. The Morgan fingerprint density at radius 1 is 1.38 bits per heavy atom. The van der Waals surface area contributed by atoms with Gasteiger partial charge in [-0.3, -0.25) is 14.7 Å². The molecule has 138 valence electrons. The molecule has 0 unspecified atom stereocenters. The van der Waals surface area contributed by atoms with Gasteiger partial charge in [0.2, 0.25) is 5.91 Å². The zero-order valence-electron chi connectivity index (χ0n) is 14.1. The third-order valence-corrected chi connectivity index (χ3v) is 4.08. The van der Waals surface area contributed by atoms with Crippen molar-refractivity contribution in [2.45, 2.75) is 18.3 Å². The average Bonchev–Trinajstić information content (AvgIpc) is 3.01. The molecule has 2 N–H and O–H groups in total. The number of hydrogen-bond donors (Lipinski definition) is 2. The number of hydrogen-bond acceptors (Lipinski definition) is 6. The van der Waals surface area contributed by atoms with E-state index in [1.54, 1.807) is 22.8 Å². The topological polar surface area (TPSA) is 98.1 Å². The number of nitrogens with one attached hydrogen (secondary N) is 2. The summed E-state index contributed by atoms with van der Waals surface area (Å²) in [5.74, 6) is -0.381. The second-order valence-corrected chi connectivity index (χ2v) is 5.88. The third kappa shape index (κ3) is 5.31. The van der Waals surface area contributed by atoms with E-state index in [0.29, 0.717) is 17.5 Å². The minimum absolute atomic E-state index is 0.00672. The van der Waals surface area contributed by atoms with Crippen LogP contribution in [0.2, 0.25) is 0 Å². The van der Waals surface area contributed by atoms with Gasteiger partial charge in [-0.05, 0) is 12.1 Å². The summed E-state index contributed by atoms with van der Waals surface area (Å²) < 4.78 is 20.8. The molecular formula is C16H18FN5O3S. The Morgan fingerprint density at radius 3 is 2.85 bits per heavy atom. The molecule has 0 atom stereocenters. The maximum absolute atomic E-state index is 13.6.